The minimum Gasteiger partial charge on any atom is -0.481 e. The molecule has 0 spiro atoms. The van der Waals surface area contributed by atoms with Gasteiger partial charge in [-0.05, 0) is 18.6 Å². The minimum absolute atomic E-state index is 0.288. The van der Waals surface area contributed by atoms with Gasteiger partial charge >= 0.3 is 0 Å². The Morgan fingerprint density at radius 2 is 2.16 bits per heavy atom. The van der Waals surface area contributed by atoms with Crippen LogP contribution in [0.5, 0.6) is 5.88 Å². The zero-order chi connectivity index (χ0) is 13.7. The summed E-state index contributed by atoms with van der Waals surface area (Å²) in [6.07, 6.45) is 3.67. The molecule has 1 amide bonds. The van der Waals surface area contributed by atoms with E-state index >= 15 is 0 Å². The van der Waals surface area contributed by atoms with Crippen LogP contribution in [0.25, 0.3) is 0 Å². The van der Waals surface area contributed by atoms with Crippen molar-refractivity contribution >= 4 is 11.6 Å². The second-order valence-electron chi connectivity index (χ2n) is 3.79. The molecule has 0 aliphatic rings. The van der Waals surface area contributed by atoms with Gasteiger partial charge in [0.15, 0.2) is 0 Å². The Balaban J connectivity index is 2.11. The lowest BCUT2D eigenvalue weighted by Gasteiger charge is -2.05. The van der Waals surface area contributed by atoms with E-state index in [1.807, 2.05) is 6.92 Å². The summed E-state index contributed by atoms with van der Waals surface area (Å²) < 4.78 is 4.94. The monoisotopic (exact) mass is 258 g/mol. The maximum Gasteiger partial charge on any atom is 0.274 e. The highest BCUT2D eigenvalue weighted by Crippen LogP contribution is 2.12. The summed E-state index contributed by atoms with van der Waals surface area (Å²) in [4.78, 5) is 24.0. The molecule has 0 fully saturated rings. The molecule has 6 nitrogen and oxygen atoms in total. The standard InChI is InChI=1S/C13H14N4O2/c1-3-9-6-11(16-8-15-9)13(18)17-10-4-5-12(19-2)14-7-10/h4-8H,3H2,1-2H3,(H,17,18). The summed E-state index contributed by atoms with van der Waals surface area (Å²) in [5.74, 6) is 0.206. The van der Waals surface area contributed by atoms with Crippen LogP contribution in [0.15, 0.2) is 30.7 Å². The van der Waals surface area contributed by atoms with Crippen molar-refractivity contribution < 1.29 is 9.53 Å². The predicted octanol–water partition coefficient (Wildman–Crippen LogP) is 1.69. The first-order valence-corrected chi connectivity index (χ1v) is 5.85. The summed E-state index contributed by atoms with van der Waals surface area (Å²) in [5, 5.41) is 2.71. The molecule has 0 saturated carbocycles. The van der Waals surface area contributed by atoms with Crippen LogP contribution in [-0.4, -0.2) is 28.0 Å². The Kier molecular flexibility index (Phi) is 4.02. The lowest BCUT2D eigenvalue weighted by Crippen LogP contribution is -2.14. The lowest BCUT2D eigenvalue weighted by molar-refractivity contribution is 0.102. The van der Waals surface area contributed by atoms with Crippen molar-refractivity contribution in [1.82, 2.24) is 15.0 Å². The molecular weight excluding hydrogens is 244 g/mol. The number of anilines is 1. The van der Waals surface area contributed by atoms with E-state index in [0.29, 0.717) is 17.3 Å². The SMILES string of the molecule is CCc1cc(C(=O)Nc2ccc(OC)nc2)ncn1. The molecule has 0 radical (unpaired) electrons. The summed E-state index contributed by atoms with van der Waals surface area (Å²) in [7, 11) is 1.54. The van der Waals surface area contributed by atoms with Gasteiger partial charge in [0.2, 0.25) is 5.88 Å². The average molecular weight is 258 g/mol. The predicted molar refractivity (Wildman–Crippen MR) is 70.2 cm³/mol. The molecule has 6 heteroatoms. The molecule has 0 aliphatic heterocycles. The van der Waals surface area contributed by atoms with Crippen molar-refractivity contribution in [1.29, 1.82) is 0 Å². The quantitative estimate of drug-likeness (QED) is 0.903. The summed E-state index contributed by atoms with van der Waals surface area (Å²) in [6, 6.07) is 5.06. The third kappa shape index (κ3) is 3.25. The number of pyridine rings is 1. The Bertz CT molecular complexity index is 569. The topological polar surface area (TPSA) is 77.0 Å². The Morgan fingerprint density at radius 1 is 1.32 bits per heavy atom. The van der Waals surface area contributed by atoms with Crippen molar-refractivity contribution in [3.63, 3.8) is 0 Å². The molecule has 0 unspecified atom stereocenters. The number of carbonyl (C=O) groups is 1. The number of hydrogen-bond acceptors (Lipinski definition) is 5. The zero-order valence-corrected chi connectivity index (χ0v) is 10.8. The van der Waals surface area contributed by atoms with Crippen LogP contribution >= 0.6 is 0 Å². The van der Waals surface area contributed by atoms with E-state index in [0.717, 1.165) is 12.1 Å². The van der Waals surface area contributed by atoms with Crippen molar-refractivity contribution in [2.45, 2.75) is 13.3 Å². The van der Waals surface area contributed by atoms with Gasteiger partial charge in [-0.1, -0.05) is 6.92 Å². The molecule has 2 aromatic heterocycles. The average Bonchev–Trinajstić information content (AvgIpc) is 2.48. The number of methoxy groups -OCH3 is 1. The molecule has 98 valence electrons. The number of amides is 1. The van der Waals surface area contributed by atoms with Crippen LogP contribution in [0, 0.1) is 0 Å². The van der Waals surface area contributed by atoms with Crippen LogP contribution in [0.2, 0.25) is 0 Å². The molecule has 0 atom stereocenters. The van der Waals surface area contributed by atoms with Crippen LogP contribution in [0.4, 0.5) is 5.69 Å². The van der Waals surface area contributed by atoms with E-state index in [4.69, 9.17) is 4.74 Å². The van der Waals surface area contributed by atoms with E-state index in [1.165, 1.54) is 19.6 Å². The number of carbonyl (C=O) groups excluding carboxylic acids is 1. The number of nitrogens with one attached hydrogen (secondary N) is 1. The maximum atomic E-state index is 12.0. The van der Waals surface area contributed by atoms with Crippen LogP contribution in [0.1, 0.15) is 23.1 Å². The van der Waals surface area contributed by atoms with Gasteiger partial charge in [-0.3, -0.25) is 4.79 Å². The van der Waals surface area contributed by atoms with Crippen LogP contribution < -0.4 is 10.1 Å². The van der Waals surface area contributed by atoms with Crippen molar-refractivity contribution in [3.8, 4) is 5.88 Å². The molecule has 19 heavy (non-hydrogen) atoms. The van der Waals surface area contributed by atoms with Gasteiger partial charge in [-0.15, -0.1) is 0 Å². The lowest BCUT2D eigenvalue weighted by atomic mass is 10.2. The van der Waals surface area contributed by atoms with E-state index < -0.39 is 0 Å². The Hall–Kier alpha value is -2.50. The largest absolute Gasteiger partial charge is 0.481 e. The van der Waals surface area contributed by atoms with Crippen molar-refractivity contribution in [2.75, 3.05) is 12.4 Å². The Morgan fingerprint density at radius 3 is 2.79 bits per heavy atom. The number of hydrogen-bond donors (Lipinski definition) is 1. The molecule has 0 aromatic carbocycles. The number of rotatable bonds is 4. The third-order valence-electron chi connectivity index (χ3n) is 2.52. The van der Waals surface area contributed by atoms with Crippen molar-refractivity contribution in [3.05, 3.63) is 42.1 Å². The van der Waals surface area contributed by atoms with E-state index in [2.05, 4.69) is 20.3 Å². The normalized spacial score (nSPS) is 10.0. The highest BCUT2D eigenvalue weighted by Gasteiger charge is 2.09. The van der Waals surface area contributed by atoms with Gasteiger partial charge in [0, 0.05) is 11.8 Å². The van der Waals surface area contributed by atoms with E-state index in [9.17, 15) is 4.79 Å². The Labute approximate surface area is 110 Å². The highest BCUT2D eigenvalue weighted by atomic mass is 16.5. The number of aryl methyl sites for hydroxylation is 1. The second-order valence-corrected chi connectivity index (χ2v) is 3.79. The number of aromatic nitrogens is 3. The first-order valence-electron chi connectivity index (χ1n) is 5.85. The fraction of sp³-hybridized carbons (Fsp3) is 0.231. The molecule has 0 aliphatic carbocycles. The van der Waals surface area contributed by atoms with Gasteiger partial charge in [0.1, 0.15) is 12.0 Å². The molecule has 0 saturated heterocycles. The first-order chi connectivity index (χ1) is 9.22. The molecule has 1 N–H and O–H groups in total. The zero-order valence-electron chi connectivity index (χ0n) is 10.8. The fourth-order valence-electron chi connectivity index (χ4n) is 1.49. The van der Waals surface area contributed by atoms with Crippen molar-refractivity contribution in [2.24, 2.45) is 0 Å². The number of nitrogens with zero attached hydrogens (tertiary/aromatic N) is 3. The molecule has 2 aromatic rings. The molecule has 0 bridgehead atoms. The van der Waals surface area contributed by atoms with Gasteiger partial charge in [0.05, 0.1) is 19.0 Å². The van der Waals surface area contributed by atoms with E-state index in [1.54, 1.807) is 18.2 Å². The van der Waals surface area contributed by atoms with Gasteiger partial charge < -0.3 is 10.1 Å². The smallest absolute Gasteiger partial charge is 0.274 e. The second kappa shape index (κ2) is 5.90. The summed E-state index contributed by atoms with van der Waals surface area (Å²) >= 11 is 0. The molecule has 2 heterocycles. The first kappa shape index (κ1) is 12.9. The third-order valence-corrected chi connectivity index (χ3v) is 2.52. The number of ether oxygens (including phenoxy) is 1. The van der Waals surface area contributed by atoms with Crippen LogP contribution in [0.3, 0.4) is 0 Å². The minimum atomic E-state index is -0.288. The van der Waals surface area contributed by atoms with Gasteiger partial charge in [-0.2, -0.15) is 0 Å². The fourth-order valence-corrected chi connectivity index (χ4v) is 1.49. The van der Waals surface area contributed by atoms with E-state index in [-0.39, 0.29) is 5.91 Å². The summed E-state index contributed by atoms with van der Waals surface area (Å²) in [5.41, 5.74) is 1.75. The summed E-state index contributed by atoms with van der Waals surface area (Å²) in [6.45, 7) is 1.97. The maximum absolute atomic E-state index is 12.0. The molecule has 2 rings (SSSR count). The highest BCUT2D eigenvalue weighted by molar-refractivity contribution is 6.02. The molecular formula is C13H14N4O2. The van der Waals surface area contributed by atoms with Gasteiger partial charge in [-0.25, -0.2) is 15.0 Å². The van der Waals surface area contributed by atoms with Crippen LogP contribution in [-0.2, 0) is 6.42 Å². The van der Waals surface area contributed by atoms with Gasteiger partial charge in [0.25, 0.3) is 5.91 Å².